The van der Waals surface area contributed by atoms with Crippen molar-refractivity contribution in [3.8, 4) is 0 Å². The molecule has 124 valence electrons. The number of benzene rings is 1. The second kappa shape index (κ2) is 9.08. The van der Waals surface area contributed by atoms with Gasteiger partial charge in [0.1, 0.15) is 11.9 Å². The fourth-order valence-corrected chi connectivity index (χ4v) is 2.95. The fourth-order valence-electron chi connectivity index (χ4n) is 2.95. The van der Waals surface area contributed by atoms with Crippen molar-refractivity contribution in [3.63, 3.8) is 0 Å². The molecule has 0 saturated heterocycles. The maximum Gasteiger partial charge on any atom is 0.239 e. The summed E-state index contributed by atoms with van der Waals surface area (Å²) in [6.07, 6.45) is 4.48. The molecule has 1 fully saturated rings. The van der Waals surface area contributed by atoms with E-state index in [0.717, 1.165) is 18.4 Å². The van der Waals surface area contributed by atoms with Gasteiger partial charge in [-0.3, -0.25) is 4.79 Å². The molecule has 1 amide bonds. The van der Waals surface area contributed by atoms with Crippen molar-refractivity contribution < 1.29 is 13.9 Å². The highest BCUT2D eigenvalue weighted by Crippen LogP contribution is 2.35. The van der Waals surface area contributed by atoms with Crippen molar-refractivity contribution in [1.29, 1.82) is 0 Å². The van der Waals surface area contributed by atoms with Crippen LogP contribution < -0.4 is 11.1 Å². The van der Waals surface area contributed by atoms with Gasteiger partial charge in [0, 0.05) is 7.11 Å². The van der Waals surface area contributed by atoms with Gasteiger partial charge in [0.05, 0.1) is 12.6 Å². The van der Waals surface area contributed by atoms with Crippen LogP contribution >= 0.6 is 12.4 Å². The first-order chi connectivity index (χ1) is 10.1. The highest BCUT2D eigenvalue weighted by Gasteiger charge is 2.29. The summed E-state index contributed by atoms with van der Waals surface area (Å²) in [5.74, 6) is -0.112. The van der Waals surface area contributed by atoms with Gasteiger partial charge < -0.3 is 15.8 Å². The van der Waals surface area contributed by atoms with Crippen LogP contribution in [-0.4, -0.2) is 25.7 Å². The van der Waals surface area contributed by atoms with Crippen molar-refractivity contribution in [2.45, 2.75) is 37.8 Å². The first-order valence-electron chi connectivity index (χ1n) is 7.42. The minimum Gasteiger partial charge on any atom is -0.383 e. The number of amides is 1. The smallest absolute Gasteiger partial charge is 0.239 e. The summed E-state index contributed by atoms with van der Waals surface area (Å²) in [6, 6.07) is 5.54. The standard InChI is InChI=1S/C16H23FN2O2.ClH/c1-21-10-14(18)16(20)19-15(11-4-2-3-5-11)12-6-8-13(17)9-7-12;/h6-9,11,14-15H,2-5,10,18H2,1H3,(H,19,20);1H. The summed E-state index contributed by atoms with van der Waals surface area (Å²) in [6.45, 7) is 0.187. The van der Waals surface area contributed by atoms with Crippen LogP contribution in [-0.2, 0) is 9.53 Å². The van der Waals surface area contributed by atoms with Gasteiger partial charge >= 0.3 is 0 Å². The third-order valence-electron chi connectivity index (χ3n) is 4.08. The Hall–Kier alpha value is -1.17. The Balaban J connectivity index is 0.00000242. The van der Waals surface area contributed by atoms with Crippen LogP contribution in [0.5, 0.6) is 0 Å². The Morgan fingerprint density at radius 2 is 1.95 bits per heavy atom. The van der Waals surface area contributed by atoms with Crippen LogP contribution in [0.1, 0.15) is 37.3 Å². The first-order valence-corrected chi connectivity index (χ1v) is 7.42. The average molecular weight is 331 g/mol. The second-order valence-corrected chi connectivity index (χ2v) is 5.64. The van der Waals surface area contributed by atoms with Crippen molar-refractivity contribution in [2.75, 3.05) is 13.7 Å². The monoisotopic (exact) mass is 330 g/mol. The summed E-state index contributed by atoms with van der Waals surface area (Å²) in [7, 11) is 1.52. The Bertz CT molecular complexity index is 464. The Morgan fingerprint density at radius 1 is 1.36 bits per heavy atom. The van der Waals surface area contributed by atoms with Crippen LogP contribution in [0.3, 0.4) is 0 Å². The molecule has 0 aromatic heterocycles. The van der Waals surface area contributed by atoms with Gasteiger partial charge in [-0.2, -0.15) is 0 Å². The SMILES string of the molecule is COCC(N)C(=O)NC(c1ccc(F)cc1)C1CCCC1.Cl. The van der Waals surface area contributed by atoms with Gasteiger partial charge in [0.25, 0.3) is 0 Å². The molecule has 1 aliphatic carbocycles. The number of rotatable bonds is 6. The molecule has 1 saturated carbocycles. The predicted octanol–water partition coefficient (Wildman–Crippen LogP) is 2.57. The average Bonchev–Trinajstić information content (AvgIpc) is 3.00. The van der Waals surface area contributed by atoms with Gasteiger partial charge in [-0.1, -0.05) is 25.0 Å². The molecule has 0 heterocycles. The zero-order chi connectivity index (χ0) is 15.2. The van der Waals surface area contributed by atoms with Gasteiger partial charge in [-0.05, 0) is 36.5 Å². The molecule has 22 heavy (non-hydrogen) atoms. The molecule has 1 aliphatic rings. The van der Waals surface area contributed by atoms with E-state index in [1.165, 1.54) is 32.1 Å². The topological polar surface area (TPSA) is 64.3 Å². The van der Waals surface area contributed by atoms with E-state index in [2.05, 4.69) is 5.32 Å². The van der Waals surface area contributed by atoms with Crippen molar-refractivity contribution in [1.82, 2.24) is 5.32 Å². The number of ether oxygens (including phenoxy) is 1. The van der Waals surface area contributed by atoms with Crippen LogP contribution in [0.25, 0.3) is 0 Å². The largest absolute Gasteiger partial charge is 0.383 e. The highest BCUT2D eigenvalue weighted by atomic mass is 35.5. The van der Waals surface area contributed by atoms with E-state index < -0.39 is 6.04 Å². The van der Waals surface area contributed by atoms with E-state index in [9.17, 15) is 9.18 Å². The van der Waals surface area contributed by atoms with E-state index in [0.29, 0.717) is 5.92 Å². The summed E-state index contributed by atoms with van der Waals surface area (Å²) in [5, 5.41) is 3.01. The van der Waals surface area contributed by atoms with E-state index >= 15 is 0 Å². The maximum absolute atomic E-state index is 13.1. The molecule has 3 N–H and O–H groups in total. The van der Waals surface area contributed by atoms with E-state index in [4.69, 9.17) is 10.5 Å². The van der Waals surface area contributed by atoms with Gasteiger partial charge in [-0.15, -0.1) is 12.4 Å². The molecule has 2 rings (SSSR count). The number of hydrogen-bond acceptors (Lipinski definition) is 3. The number of halogens is 2. The summed E-state index contributed by atoms with van der Waals surface area (Å²) < 4.78 is 18.0. The number of methoxy groups -OCH3 is 1. The Morgan fingerprint density at radius 3 is 2.50 bits per heavy atom. The number of carbonyl (C=O) groups excluding carboxylic acids is 1. The number of nitrogens with two attached hydrogens (primary N) is 1. The zero-order valence-corrected chi connectivity index (χ0v) is 13.6. The van der Waals surface area contributed by atoms with Crippen LogP contribution in [0.2, 0.25) is 0 Å². The number of carbonyl (C=O) groups is 1. The van der Waals surface area contributed by atoms with Gasteiger partial charge in [-0.25, -0.2) is 4.39 Å². The summed E-state index contributed by atoms with van der Waals surface area (Å²) >= 11 is 0. The molecule has 0 bridgehead atoms. The number of hydrogen-bond donors (Lipinski definition) is 2. The third kappa shape index (κ3) is 4.93. The van der Waals surface area contributed by atoms with Crippen LogP contribution in [0.15, 0.2) is 24.3 Å². The normalized spacial score (nSPS) is 17.6. The molecule has 0 aliphatic heterocycles. The van der Waals surface area contributed by atoms with E-state index in [-0.39, 0.29) is 36.8 Å². The van der Waals surface area contributed by atoms with Crippen molar-refractivity contribution in [2.24, 2.45) is 11.7 Å². The van der Waals surface area contributed by atoms with Crippen molar-refractivity contribution in [3.05, 3.63) is 35.6 Å². The van der Waals surface area contributed by atoms with E-state index in [1.807, 2.05) is 0 Å². The molecule has 0 radical (unpaired) electrons. The minimum atomic E-state index is -0.681. The molecule has 1 aromatic rings. The zero-order valence-electron chi connectivity index (χ0n) is 12.8. The van der Waals surface area contributed by atoms with Gasteiger partial charge in [0.2, 0.25) is 5.91 Å². The van der Waals surface area contributed by atoms with Crippen LogP contribution in [0, 0.1) is 11.7 Å². The lowest BCUT2D eigenvalue weighted by molar-refractivity contribution is -0.124. The minimum absolute atomic E-state index is 0. The predicted molar refractivity (Wildman–Crippen MR) is 86.3 cm³/mol. The summed E-state index contributed by atoms with van der Waals surface area (Å²) in [5.41, 5.74) is 6.71. The van der Waals surface area contributed by atoms with Gasteiger partial charge in [0.15, 0.2) is 0 Å². The molecule has 0 spiro atoms. The second-order valence-electron chi connectivity index (χ2n) is 5.64. The molecule has 6 heteroatoms. The van der Waals surface area contributed by atoms with Crippen LogP contribution in [0.4, 0.5) is 4.39 Å². The third-order valence-corrected chi connectivity index (χ3v) is 4.08. The molecular weight excluding hydrogens is 307 g/mol. The first kappa shape index (κ1) is 18.9. The Kier molecular flexibility index (Phi) is 7.79. The maximum atomic E-state index is 13.1. The highest BCUT2D eigenvalue weighted by molar-refractivity contribution is 5.85. The fraction of sp³-hybridized carbons (Fsp3) is 0.562. The van der Waals surface area contributed by atoms with E-state index in [1.54, 1.807) is 12.1 Å². The lowest BCUT2D eigenvalue weighted by Gasteiger charge is -2.26. The molecule has 2 unspecified atom stereocenters. The molecule has 2 atom stereocenters. The lowest BCUT2D eigenvalue weighted by atomic mass is 9.91. The quantitative estimate of drug-likeness (QED) is 0.842. The summed E-state index contributed by atoms with van der Waals surface area (Å²) in [4.78, 5) is 12.2. The molecule has 4 nitrogen and oxygen atoms in total. The molecule has 1 aromatic carbocycles. The molecular formula is C16H24ClFN2O2. The van der Waals surface area contributed by atoms with Crippen molar-refractivity contribution >= 4 is 18.3 Å². The lowest BCUT2D eigenvalue weighted by Crippen LogP contribution is -2.46. The Labute approximate surface area is 137 Å². The number of nitrogens with one attached hydrogen (secondary N) is 1.